The lowest BCUT2D eigenvalue weighted by Crippen LogP contribution is -2.42. The fraction of sp³-hybridized carbons (Fsp3) is 0.462. The molecule has 0 saturated carbocycles. The molecule has 0 spiro atoms. The van der Waals surface area contributed by atoms with Gasteiger partial charge in [-0.1, -0.05) is 0 Å². The van der Waals surface area contributed by atoms with Crippen LogP contribution in [0.25, 0.3) is 0 Å². The smallest absolute Gasteiger partial charge is 0.270 e. The third kappa shape index (κ3) is 3.05. The summed E-state index contributed by atoms with van der Waals surface area (Å²) in [6.07, 6.45) is 3.13. The van der Waals surface area contributed by atoms with Crippen LogP contribution in [0.1, 0.15) is 36.5 Å². The van der Waals surface area contributed by atoms with Crippen LogP contribution in [0.5, 0.6) is 0 Å². The lowest BCUT2D eigenvalue weighted by Gasteiger charge is -2.33. The van der Waals surface area contributed by atoms with Crippen molar-refractivity contribution in [2.45, 2.75) is 32.2 Å². The van der Waals surface area contributed by atoms with Gasteiger partial charge in [-0.25, -0.2) is 0 Å². The molecule has 1 amide bonds. The van der Waals surface area contributed by atoms with E-state index in [9.17, 15) is 14.9 Å². The molecule has 1 aliphatic rings. The molecule has 1 aliphatic heterocycles. The number of benzene rings is 1. The lowest BCUT2D eigenvalue weighted by molar-refractivity contribution is -0.384. The molecule has 1 fully saturated rings. The van der Waals surface area contributed by atoms with Gasteiger partial charge in [-0.3, -0.25) is 14.9 Å². The monoisotopic (exact) mass is 374 g/mol. The van der Waals surface area contributed by atoms with E-state index in [4.69, 9.17) is 0 Å². The van der Waals surface area contributed by atoms with Crippen LogP contribution in [0.4, 0.5) is 5.69 Å². The highest BCUT2D eigenvalue weighted by molar-refractivity contribution is 14.1. The maximum atomic E-state index is 12.5. The molecule has 6 heteroatoms. The fourth-order valence-electron chi connectivity index (χ4n) is 2.35. The number of hydrogen-bond acceptors (Lipinski definition) is 3. The predicted molar refractivity (Wildman–Crippen MR) is 80.2 cm³/mol. The van der Waals surface area contributed by atoms with Crippen LogP contribution in [-0.2, 0) is 0 Å². The van der Waals surface area contributed by atoms with E-state index in [2.05, 4.69) is 0 Å². The second kappa shape index (κ2) is 5.85. The third-order valence-corrected chi connectivity index (χ3v) is 4.40. The Bertz CT molecular complexity index is 519. The Labute approximate surface area is 125 Å². The Hall–Kier alpha value is -1.18. The topological polar surface area (TPSA) is 63.5 Å². The molecule has 1 aromatic rings. The summed E-state index contributed by atoms with van der Waals surface area (Å²) in [6.45, 7) is 2.76. The third-order valence-electron chi connectivity index (χ3n) is 3.46. The Morgan fingerprint density at radius 3 is 2.84 bits per heavy atom. The Kier molecular flexibility index (Phi) is 4.38. The average molecular weight is 374 g/mol. The second-order valence-electron chi connectivity index (χ2n) is 4.76. The van der Waals surface area contributed by atoms with Crippen molar-refractivity contribution < 1.29 is 9.72 Å². The Morgan fingerprint density at radius 1 is 1.47 bits per heavy atom. The van der Waals surface area contributed by atoms with Crippen molar-refractivity contribution in [1.82, 2.24) is 4.90 Å². The van der Waals surface area contributed by atoms with E-state index in [0.717, 1.165) is 29.4 Å². The molecule has 1 unspecified atom stereocenters. The van der Waals surface area contributed by atoms with E-state index < -0.39 is 4.92 Å². The van der Waals surface area contributed by atoms with Crippen molar-refractivity contribution in [3.05, 3.63) is 37.4 Å². The maximum Gasteiger partial charge on any atom is 0.270 e. The number of hydrogen-bond donors (Lipinski definition) is 0. The van der Waals surface area contributed by atoms with Crippen LogP contribution in [-0.4, -0.2) is 28.3 Å². The molecule has 1 saturated heterocycles. The number of nitro benzene ring substituents is 1. The summed E-state index contributed by atoms with van der Waals surface area (Å²) in [5.41, 5.74) is 0.400. The number of piperidine rings is 1. The highest BCUT2D eigenvalue weighted by Crippen LogP contribution is 2.24. The van der Waals surface area contributed by atoms with Gasteiger partial charge < -0.3 is 4.90 Å². The number of non-ortho nitro benzene ring substituents is 1. The minimum absolute atomic E-state index is 0.0339. The predicted octanol–water partition coefficient (Wildman–Crippen LogP) is 3.21. The molecule has 2 rings (SSSR count). The van der Waals surface area contributed by atoms with Crippen LogP contribution in [0.3, 0.4) is 0 Å². The first kappa shape index (κ1) is 14.2. The van der Waals surface area contributed by atoms with Crippen LogP contribution in [0.2, 0.25) is 0 Å². The summed E-state index contributed by atoms with van der Waals surface area (Å²) in [6, 6.07) is 4.64. The highest BCUT2D eigenvalue weighted by Gasteiger charge is 2.26. The number of carbonyl (C=O) groups is 1. The molecule has 0 radical (unpaired) electrons. The minimum Gasteiger partial charge on any atom is -0.336 e. The Balaban J connectivity index is 2.32. The molecular formula is C13H15IN2O3. The molecule has 19 heavy (non-hydrogen) atoms. The van der Waals surface area contributed by atoms with E-state index in [1.807, 2.05) is 34.4 Å². The SMILES string of the molecule is CC1CCCCN1C(=O)c1cc([N+](=O)[O-])ccc1I. The van der Waals surface area contributed by atoms with Gasteiger partial charge in [-0.05, 0) is 54.8 Å². The molecule has 1 heterocycles. The molecule has 0 aliphatic carbocycles. The van der Waals surface area contributed by atoms with E-state index in [1.54, 1.807) is 6.07 Å². The minimum atomic E-state index is -0.466. The highest BCUT2D eigenvalue weighted by atomic mass is 127. The quantitative estimate of drug-likeness (QED) is 0.454. The van der Waals surface area contributed by atoms with Crippen molar-refractivity contribution in [2.24, 2.45) is 0 Å². The summed E-state index contributed by atoms with van der Waals surface area (Å²) in [7, 11) is 0. The number of nitrogens with zero attached hydrogens (tertiary/aromatic N) is 2. The molecule has 1 atom stereocenters. The second-order valence-corrected chi connectivity index (χ2v) is 5.93. The first-order valence-electron chi connectivity index (χ1n) is 6.25. The molecule has 5 nitrogen and oxygen atoms in total. The lowest BCUT2D eigenvalue weighted by atomic mass is 10.0. The number of nitro groups is 1. The molecule has 0 aromatic heterocycles. The summed E-state index contributed by atoms with van der Waals surface area (Å²) in [5.74, 6) is -0.0969. The number of carbonyl (C=O) groups excluding carboxylic acids is 1. The van der Waals surface area contributed by atoms with Crippen molar-refractivity contribution >= 4 is 34.2 Å². The largest absolute Gasteiger partial charge is 0.336 e. The summed E-state index contributed by atoms with van der Waals surface area (Å²) < 4.78 is 0.756. The van der Waals surface area contributed by atoms with Crippen molar-refractivity contribution in [1.29, 1.82) is 0 Å². The molecule has 0 N–H and O–H groups in total. The number of rotatable bonds is 2. The zero-order valence-electron chi connectivity index (χ0n) is 10.6. The van der Waals surface area contributed by atoms with E-state index >= 15 is 0 Å². The number of amides is 1. The van der Waals surface area contributed by atoms with Crippen LogP contribution in [0.15, 0.2) is 18.2 Å². The zero-order valence-corrected chi connectivity index (χ0v) is 12.8. The van der Waals surface area contributed by atoms with Gasteiger partial charge in [0.05, 0.1) is 10.5 Å². The zero-order chi connectivity index (χ0) is 14.0. The van der Waals surface area contributed by atoms with Gasteiger partial charge in [0.1, 0.15) is 0 Å². The van der Waals surface area contributed by atoms with E-state index in [0.29, 0.717) is 5.56 Å². The maximum absolute atomic E-state index is 12.5. The van der Waals surface area contributed by atoms with E-state index in [1.165, 1.54) is 12.1 Å². The average Bonchev–Trinajstić information content (AvgIpc) is 2.38. The fourth-order valence-corrected chi connectivity index (χ4v) is 2.91. The van der Waals surface area contributed by atoms with Gasteiger partial charge in [-0.15, -0.1) is 0 Å². The molecule has 1 aromatic carbocycles. The summed E-state index contributed by atoms with van der Waals surface area (Å²) >= 11 is 2.05. The number of likely N-dealkylation sites (tertiary alicyclic amines) is 1. The van der Waals surface area contributed by atoms with Gasteiger partial charge in [0.2, 0.25) is 0 Å². The van der Waals surface area contributed by atoms with Gasteiger partial charge >= 0.3 is 0 Å². The van der Waals surface area contributed by atoms with Crippen LogP contribution < -0.4 is 0 Å². The van der Waals surface area contributed by atoms with Crippen molar-refractivity contribution in [3.63, 3.8) is 0 Å². The van der Waals surface area contributed by atoms with Crippen LogP contribution in [0, 0.1) is 13.7 Å². The van der Waals surface area contributed by atoms with Crippen molar-refractivity contribution in [3.8, 4) is 0 Å². The van der Waals surface area contributed by atoms with Crippen molar-refractivity contribution in [2.75, 3.05) is 6.54 Å². The standard InChI is InChI=1S/C13H15IN2O3/c1-9-4-2-3-7-15(9)13(17)11-8-10(16(18)19)5-6-12(11)14/h5-6,8-9H,2-4,7H2,1H3. The summed E-state index contributed by atoms with van der Waals surface area (Å²) in [4.78, 5) is 24.7. The van der Waals surface area contributed by atoms with Gasteiger partial charge in [0, 0.05) is 28.3 Å². The first-order chi connectivity index (χ1) is 9.00. The number of halogens is 1. The van der Waals surface area contributed by atoms with Gasteiger partial charge in [0.15, 0.2) is 0 Å². The first-order valence-corrected chi connectivity index (χ1v) is 7.33. The molecule has 102 valence electrons. The molecule has 0 bridgehead atoms. The van der Waals surface area contributed by atoms with E-state index in [-0.39, 0.29) is 17.6 Å². The summed E-state index contributed by atoms with van der Waals surface area (Å²) in [5, 5.41) is 10.8. The van der Waals surface area contributed by atoms with Gasteiger partial charge in [0.25, 0.3) is 11.6 Å². The van der Waals surface area contributed by atoms with Gasteiger partial charge in [-0.2, -0.15) is 0 Å². The normalized spacial score (nSPS) is 19.3. The molecular weight excluding hydrogens is 359 g/mol. The van der Waals surface area contributed by atoms with Crippen LogP contribution >= 0.6 is 22.6 Å². The Morgan fingerprint density at radius 2 is 2.21 bits per heavy atom.